The molecule has 1 aliphatic rings. The maximum atomic E-state index is 6.63. The number of hydrogen-bond acceptors (Lipinski definition) is 3. The van der Waals surface area contributed by atoms with Gasteiger partial charge in [0.25, 0.3) is 0 Å². The zero-order valence-electron chi connectivity index (χ0n) is 11.1. The van der Waals surface area contributed by atoms with Crippen LogP contribution >= 0.6 is 11.3 Å². The molecule has 0 bridgehead atoms. The van der Waals surface area contributed by atoms with Gasteiger partial charge in [0.2, 0.25) is 0 Å². The average Bonchev–Trinajstić information content (AvgIpc) is 2.75. The summed E-state index contributed by atoms with van der Waals surface area (Å²) in [4.78, 5) is 4.84. The molecule has 1 aromatic carbocycles. The van der Waals surface area contributed by atoms with Crippen molar-refractivity contribution >= 4 is 21.6 Å². The first-order valence-electron chi connectivity index (χ1n) is 6.74. The van der Waals surface area contributed by atoms with Gasteiger partial charge < -0.3 is 5.73 Å². The third-order valence-corrected chi connectivity index (χ3v) is 5.32. The molecule has 96 valence electrons. The van der Waals surface area contributed by atoms with E-state index in [0.29, 0.717) is 0 Å². The molecular weight excluding hydrogens is 240 g/mol. The van der Waals surface area contributed by atoms with Crippen LogP contribution in [0.4, 0.5) is 0 Å². The molecule has 18 heavy (non-hydrogen) atoms. The standard InChI is InChI=1S/C15H20N2S/c1-10-5-4-8-15(16,9-10)14-17-13-11(2)6-3-7-12(13)18-14/h3,6-7,10H,4-5,8-9,16H2,1-2H3. The van der Waals surface area contributed by atoms with Crippen molar-refractivity contribution in [2.24, 2.45) is 11.7 Å². The summed E-state index contributed by atoms with van der Waals surface area (Å²) in [6.45, 7) is 4.43. The van der Waals surface area contributed by atoms with Crippen LogP contribution < -0.4 is 5.73 Å². The lowest BCUT2D eigenvalue weighted by Crippen LogP contribution is -2.40. The Balaban J connectivity index is 2.06. The number of benzene rings is 1. The molecule has 2 nitrogen and oxygen atoms in total. The number of nitrogens with zero attached hydrogens (tertiary/aromatic N) is 1. The average molecular weight is 260 g/mol. The zero-order chi connectivity index (χ0) is 12.8. The second-order valence-electron chi connectivity index (χ2n) is 5.80. The molecule has 0 aliphatic heterocycles. The van der Waals surface area contributed by atoms with Gasteiger partial charge in [0.05, 0.1) is 15.8 Å². The van der Waals surface area contributed by atoms with E-state index in [9.17, 15) is 0 Å². The van der Waals surface area contributed by atoms with Gasteiger partial charge in [-0.3, -0.25) is 0 Å². The molecule has 1 fully saturated rings. The van der Waals surface area contributed by atoms with Gasteiger partial charge in [-0.1, -0.05) is 31.9 Å². The highest BCUT2D eigenvalue weighted by atomic mass is 32.1. The highest BCUT2D eigenvalue weighted by molar-refractivity contribution is 7.18. The second-order valence-corrected chi connectivity index (χ2v) is 6.83. The Morgan fingerprint density at radius 3 is 3.00 bits per heavy atom. The Labute approximate surface area is 112 Å². The minimum absolute atomic E-state index is 0.187. The van der Waals surface area contributed by atoms with Crippen LogP contribution in [0.2, 0.25) is 0 Å². The lowest BCUT2D eigenvalue weighted by molar-refractivity contribution is 0.239. The Kier molecular flexibility index (Phi) is 2.91. The van der Waals surface area contributed by atoms with Crippen molar-refractivity contribution in [1.29, 1.82) is 0 Å². The maximum Gasteiger partial charge on any atom is 0.114 e. The van der Waals surface area contributed by atoms with Gasteiger partial charge in [0.15, 0.2) is 0 Å². The first-order chi connectivity index (χ1) is 8.58. The number of aromatic nitrogens is 1. The molecule has 0 radical (unpaired) electrons. The molecule has 0 spiro atoms. The molecule has 2 atom stereocenters. The van der Waals surface area contributed by atoms with Crippen LogP contribution in [-0.4, -0.2) is 4.98 Å². The van der Waals surface area contributed by atoms with Crippen molar-refractivity contribution in [1.82, 2.24) is 4.98 Å². The number of thiazole rings is 1. The number of fused-ring (bicyclic) bond motifs is 1. The highest BCUT2D eigenvalue weighted by Gasteiger charge is 2.35. The van der Waals surface area contributed by atoms with Crippen molar-refractivity contribution < 1.29 is 0 Å². The Bertz CT molecular complexity index is 575. The van der Waals surface area contributed by atoms with Crippen LogP contribution in [0.5, 0.6) is 0 Å². The molecule has 1 saturated carbocycles. The summed E-state index contributed by atoms with van der Waals surface area (Å²) >= 11 is 1.78. The Morgan fingerprint density at radius 1 is 1.44 bits per heavy atom. The molecule has 1 aromatic heterocycles. The monoisotopic (exact) mass is 260 g/mol. The van der Waals surface area contributed by atoms with E-state index >= 15 is 0 Å². The minimum Gasteiger partial charge on any atom is -0.319 e. The molecule has 1 heterocycles. The SMILES string of the molecule is Cc1cccc2sc(C3(N)CCCC(C)C3)nc12. The van der Waals surface area contributed by atoms with Gasteiger partial charge in [0.1, 0.15) is 5.01 Å². The first kappa shape index (κ1) is 12.1. The third-order valence-electron chi connectivity index (χ3n) is 4.08. The van der Waals surface area contributed by atoms with Crippen molar-refractivity contribution in [3.8, 4) is 0 Å². The Hall–Kier alpha value is -0.930. The maximum absolute atomic E-state index is 6.63. The van der Waals surface area contributed by atoms with E-state index in [-0.39, 0.29) is 5.54 Å². The topological polar surface area (TPSA) is 38.9 Å². The van der Waals surface area contributed by atoms with E-state index in [4.69, 9.17) is 10.7 Å². The molecule has 0 saturated heterocycles. The van der Waals surface area contributed by atoms with Gasteiger partial charge in [-0.15, -0.1) is 11.3 Å². The van der Waals surface area contributed by atoms with Crippen molar-refractivity contribution in [2.45, 2.75) is 45.1 Å². The second kappa shape index (κ2) is 4.32. The Morgan fingerprint density at radius 2 is 2.28 bits per heavy atom. The predicted molar refractivity (Wildman–Crippen MR) is 77.9 cm³/mol. The summed E-state index contributed by atoms with van der Waals surface area (Å²) in [5.74, 6) is 0.719. The molecule has 2 unspecified atom stereocenters. The summed E-state index contributed by atoms with van der Waals surface area (Å²) in [5.41, 5.74) is 8.84. The molecule has 3 heteroatoms. The molecule has 1 aliphatic carbocycles. The number of nitrogens with two attached hydrogens (primary N) is 1. The van der Waals surface area contributed by atoms with Crippen LogP contribution in [0.1, 0.15) is 43.2 Å². The number of hydrogen-bond donors (Lipinski definition) is 1. The number of aryl methyl sites for hydroxylation is 1. The largest absolute Gasteiger partial charge is 0.319 e. The summed E-state index contributed by atoms with van der Waals surface area (Å²) in [5, 5.41) is 1.14. The van der Waals surface area contributed by atoms with Gasteiger partial charge >= 0.3 is 0 Å². The van der Waals surface area contributed by atoms with Crippen molar-refractivity contribution in [2.75, 3.05) is 0 Å². The third kappa shape index (κ3) is 1.95. The van der Waals surface area contributed by atoms with E-state index < -0.39 is 0 Å². The van der Waals surface area contributed by atoms with Crippen LogP contribution in [0.3, 0.4) is 0 Å². The summed E-state index contributed by atoms with van der Waals surface area (Å²) in [6.07, 6.45) is 4.69. The molecule has 3 rings (SSSR count). The van der Waals surface area contributed by atoms with Crippen molar-refractivity contribution in [3.63, 3.8) is 0 Å². The fourth-order valence-electron chi connectivity index (χ4n) is 3.09. The van der Waals surface area contributed by atoms with E-state index in [0.717, 1.165) is 29.3 Å². The normalized spacial score (nSPS) is 28.7. The van der Waals surface area contributed by atoms with Crippen LogP contribution in [-0.2, 0) is 5.54 Å². The van der Waals surface area contributed by atoms with E-state index in [1.165, 1.54) is 23.1 Å². The van der Waals surface area contributed by atoms with Gasteiger partial charge in [-0.2, -0.15) is 0 Å². The van der Waals surface area contributed by atoms with Crippen LogP contribution in [0, 0.1) is 12.8 Å². The van der Waals surface area contributed by atoms with Crippen LogP contribution in [0.15, 0.2) is 18.2 Å². The van der Waals surface area contributed by atoms with Gasteiger partial charge in [0, 0.05) is 0 Å². The lowest BCUT2D eigenvalue weighted by atomic mass is 9.77. The number of rotatable bonds is 1. The smallest absolute Gasteiger partial charge is 0.114 e. The highest BCUT2D eigenvalue weighted by Crippen LogP contribution is 2.41. The van der Waals surface area contributed by atoms with Crippen LogP contribution in [0.25, 0.3) is 10.2 Å². The van der Waals surface area contributed by atoms with Gasteiger partial charge in [-0.25, -0.2) is 4.98 Å². The summed E-state index contributed by atoms with van der Waals surface area (Å²) < 4.78 is 1.27. The summed E-state index contributed by atoms with van der Waals surface area (Å²) in [6, 6.07) is 6.38. The fraction of sp³-hybridized carbons (Fsp3) is 0.533. The zero-order valence-corrected chi connectivity index (χ0v) is 11.9. The lowest BCUT2D eigenvalue weighted by Gasteiger charge is -2.35. The van der Waals surface area contributed by atoms with E-state index in [1.54, 1.807) is 11.3 Å². The van der Waals surface area contributed by atoms with E-state index in [2.05, 4.69) is 32.0 Å². The molecule has 0 amide bonds. The quantitative estimate of drug-likeness (QED) is 0.842. The number of para-hydroxylation sites is 1. The van der Waals surface area contributed by atoms with Gasteiger partial charge in [-0.05, 0) is 37.3 Å². The predicted octanol–water partition coefficient (Wildman–Crippen LogP) is 3.97. The molecule has 2 aromatic rings. The van der Waals surface area contributed by atoms with Crippen molar-refractivity contribution in [3.05, 3.63) is 28.8 Å². The fourth-order valence-corrected chi connectivity index (χ4v) is 4.27. The molecule has 2 N–H and O–H groups in total. The summed E-state index contributed by atoms with van der Waals surface area (Å²) in [7, 11) is 0. The minimum atomic E-state index is -0.187. The first-order valence-corrected chi connectivity index (χ1v) is 7.56. The molecular formula is C15H20N2S. The van der Waals surface area contributed by atoms with E-state index in [1.807, 2.05) is 0 Å².